The van der Waals surface area contributed by atoms with Crippen molar-refractivity contribution in [2.75, 3.05) is 5.73 Å². The van der Waals surface area contributed by atoms with Gasteiger partial charge in [-0.25, -0.2) is 0 Å². The Labute approximate surface area is 147 Å². The van der Waals surface area contributed by atoms with Crippen molar-refractivity contribution in [2.45, 2.75) is 18.0 Å². The fourth-order valence-electron chi connectivity index (χ4n) is 2.20. The van der Waals surface area contributed by atoms with Gasteiger partial charge in [-0.15, -0.1) is 0 Å². The van der Waals surface area contributed by atoms with Gasteiger partial charge in [-0.3, -0.25) is 0 Å². The molecule has 2 aromatic carbocycles. The summed E-state index contributed by atoms with van der Waals surface area (Å²) in [6, 6.07) is 6.18. The van der Waals surface area contributed by atoms with Crippen molar-refractivity contribution >= 4 is 28.9 Å². The number of anilines is 1. The molecule has 2 rings (SSSR count). The van der Waals surface area contributed by atoms with E-state index in [0.717, 1.165) is 6.07 Å². The first-order chi connectivity index (χ1) is 11.3. The van der Waals surface area contributed by atoms with Gasteiger partial charge in [-0.05, 0) is 12.1 Å². The minimum Gasteiger partial charge on any atom is -0.398 e. The van der Waals surface area contributed by atoms with Gasteiger partial charge in [0.2, 0.25) is 0 Å². The van der Waals surface area contributed by atoms with Gasteiger partial charge >= 0.3 is 12.4 Å². The largest absolute Gasteiger partial charge is 0.430 e. The van der Waals surface area contributed by atoms with Crippen LogP contribution in [-0.2, 0) is 5.60 Å². The molecule has 0 saturated heterocycles. The van der Waals surface area contributed by atoms with Crippen molar-refractivity contribution in [2.24, 2.45) is 0 Å². The summed E-state index contributed by atoms with van der Waals surface area (Å²) in [6.45, 7) is 0. The van der Waals surface area contributed by atoms with Crippen molar-refractivity contribution in [3.63, 3.8) is 0 Å². The molecule has 0 unspecified atom stereocenters. The molecule has 136 valence electrons. The summed E-state index contributed by atoms with van der Waals surface area (Å²) in [5.41, 5.74) is -0.461. The molecule has 10 heteroatoms. The SMILES string of the molecule is Nc1cccc(-c2ccc(C(O)(C(F)(F)F)C(F)(F)F)cc2Cl)c1Cl. The molecule has 0 fully saturated rings. The minimum absolute atomic E-state index is 0.0408. The van der Waals surface area contributed by atoms with E-state index in [4.69, 9.17) is 28.9 Å². The third-order valence-corrected chi connectivity index (χ3v) is 4.26. The Balaban J connectivity index is 2.65. The molecular formula is C15H9Cl2F6NO. The average molecular weight is 404 g/mol. The number of hydrogen-bond donors (Lipinski definition) is 2. The maximum atomic E-state index is 12.9. The number of hydrogen-bond acceptors (Lipinski definition) is 2. The van der Waals surface area contributed by atoms with E-state index in [-0.39, 0.29) is 21.8 Å². The normalized spacial score (nSPS) is 13.2. The molecule has 25 heavy (non-hydrogen) atoms. The maximum Gasteiger partial charge on any atom is 0.430 e. The predicted molar refractivity (Wildman–Crippen MR) is 82.3 cm³/mol. The average Bonchev–Trinajstić information content (AvgIpc) is 2.47. The summed E-state index contributed by atoms with van der Waals surface area (Å²) in [7, 11) is 0. The van der Waals surface area contributed by atoms with Crippen molar-refractivity contribution < 1.29 is 31.4 Å². The van der Waals surface area contributed by atoms with E-state index in [1.54, 1.807) is 0 Å². The molecule has 0 heterocycles. The van der Waals surface area contributed by atoms with Crippen LogP contribution in [0.3, 0.4) is 0 Å². The van der Waals surface area contributed by atoms with Crippen LogP contribution in [0.25, 0.3) is 11.1 Å². The summed E-state index contributed by atoms with van der Waals surface area (Å²) in [5, 5.41) is 8.97. The second-order valence-electron chi connectivity index (χ2n) is 5.11. The van der Waals surface area contributed by atoms with Gasteiger partial charge in [0.05, 0.1) is 10.7 Å². The molecule has 0 aliphatic heterocycles. The number of benzene rings is 2. The Bertz CT molecular complexity index is 790. The zero-order valence-corrected chi connectivity index (χ0v) is 13.5. The van der Waals surface area contributed by atoms with E-state index in [1.165, 1.54) is 18.2 Å². The number of rotatable bonds is 2. The standard InChI is InChI=1S/C15H9Cl2F6NO/c16-10-6-7(13(25,14(18,19)20)15(21,22)23)4-5-8(10)9-2-1-3-11(24)12(9)17/h1-6,25H,24H2. The van der Waals surface area contributed by atoms with Gasteiger partial charge in [0.25, 0.3) is 5.60 Å². The van der Waals surface area contributed by atoms with Gasteiger partial charge in [0, 0.05) is 21.7 Å². The third kappa shape index (κ3) is 3.26. The van der Waals surface area contributed by atoms with E-state index >= 15 is 0 Å². The van der Waals surface area contributed by atoms with E-state index in [2.05, 4.69) is 0 Å². The Hall–Kier alpha value is -1.64. The van der Waals surface area contributed by atoms with Gasteiger partial charge < -0.3 is 10.8 Å². The summed E-state index contributed by atoms with van der Waals surface area (Å²) in [4.78, 5) is 0. The van der Waals surface area contributed by atoms with Crippen LogP contribution in [0.5, 0.6) is 0 Å². The maximum absolute atomic E-state index is 12.9. The van der Waals surface area contributed by atoms with Crippen LogP contribution in [-0.4, -0.2) is 17.5 Å². The highest BCUT2D eigenvalue weighted by molar-refractivity contribution is 6.38. The van der Waals surface area contributed by atoms with Crippen LogP contribution < -0.4 is 5.73 Å². The highest BCUT2D eigenvalue weighted by Crippen LogP contribution is 2.51. The molecule has 0 saturated carbocycles. The van der Waals surface area contributed by atoms with E-state index in [1.807, 2.05) is 0 Å². The lowest BCUT2D eigenvalue weighted by atomic mass is 9.90. The summed E-state index contributed by atoms with van der Waals surface area (Å²) >= 11 is 11.8. The number of halogens is 8. The number of nitrogen functional groups attached to an aromatic ring is 1. The quantitative estimate of drug-likeness (QED) is 0.509. The van der Waals surface area contributed by atoms with Gasteiger partial charge in [-0.2, -0.15) is 26.3 Å². The lowest BCUT2D eigenvalue weighted by molar-refractivity contribution is -0.376. The molecule has 0 aliphatic rings. The van der Waals surface area contributed by atoms with E-state index < -0.39 is 28.5 Å². The number of alkyl halides is 6. The third-order valence-electron chi connectivity index (χ3n) is 3.53. The monoisotopic (exact) mass is 403 g/mol. The van der Waals surface area contributed by atoms with E-state index in [9.17, 15) is 31.4 Å². The topological polar surface area (TPSA) is 46.2 Å². The highest BCUT2D eigenvalue weighted by Gasteiger charge is 2.71. The second kappa shape index (κ2) is 6.26. The van der Waals surface area contributed by atoms with Crippen LogP contribution in [0.15, 0.2) is 36.4 Å². The number of aliphatic hydroxyl groups is 1. The molecule has 0 spiro atoms. The van der Waals surface area contributed by atoms with Crippen LogP contribution in [0.1, 0.15) is 5.56 Å². The first-order valence-corrected chi connectivity index (χ1v) is 7.26. The molecule has 0 bridgehead atoms. The Morgan fingerprint density at radius 2 is 1.40 bits per heavy atom. The fraction of sp³-hybridized carbons (Fsp3) is 0.200. The Morgan fingerprint density at radius 1 is 0.840 bits per heavy atom. The molecule has 0 aromatic heterocycles. The lowest BCUT2D eigenvalue weighted by Crippen LogP contribution is -2.53. The zero-order valence-electron chi connectivity index (χ0n) is 12.0. The minimum atomic E-state index is -6.00. The van der Waals surface area contributed by atoms with Crippen molar-refractivity contribution in [1.29, 1.82) is 0 Å². The predicted octanol–water partition coefficient (Wildman–Crippen LogP) is 5.55. The molecule has 0 atom stereocenters. The van der Waals surface area contributed by atoms with Crippen LogP contribution in [0, 0.1) is 0 Å². The first-order valence-electron chi connectivity index (χ1n) is 6.51. The smallest absolute Gasteiger partial charge is 0.398 e. The molecule has 0 radical (unpaired) electrons. The Kier molecular flexibility index (Phi) is 4.93. The zero-order chi connectivity index (χ0) is 19.2. The summed E-state index contributed by atoms with van der Waals surface area (Å²) < 4.78 is 77.4. The van der Waals surface area contributed by atoms with E-state index in [0.29, 0.717) is 12.1 Å². The molecule has 0 aliphatic carbocycles. The first kappa shape index (κ1) is 19.7. The molecule has 0 amide bonds. The van der Waals surface area contributed by atoms with Gasteiger partial charge in [0.1, 0.15) is 0 Å². The van der Waals surface area contributed by atoms with Crippen LogP contribution in [0.2, 0.25) is 10.0 Å². The van der Waals surface area contributed by atoms with Crippen molar-refractivity contribution in [3.05, 3.63) is 52.0 Å². The molecule has 3 N–H and O–H groups in total. The van der Waals surface area contributed by atoms with Gasteiger partial charge in [-0.1, -0.05) is 47.5 Å². The Morgan fingerprint density at radius 3 is 1.88 bits per heavy atom. The fourth-order valence-corrected chi connectivity index (χ4v) is 2.71. The van der Waals surface area contributed by atoms with Crippen LogP contribution >= 0.6 is 23.2 Å². The van der Waals surface area contributed by atoms with Gasteiger partial charge in [0.15, 0.2) is 0 Å². The second-order valence-corrected chi connectivity index (χ2v) is 5.89. The van der Waals surface area contributed by atoms with Crippen LogP contribution in [0.4, 0.5) is 32.0 Å². The summed E-state index contributed by atoms with van der Waals surface area (Å²) in [5.74, 6) is 0. The lowest BCUT2D eigenvalue weighted by Gasteiger charge is -2.32. The number of nitrogens with two attached hydrogens (primary N) is 1. The highest BCUT2D eigenvalue weighted by atomic mass is 35.5. The summed E-state index contributed by atoms with van der Waals surface area (Å²) in [6.07, 6.45) is -12.0. The molecular weight excluding hydrogens is 395 g/mol. The van der Waals surface area contributed by atoms with Crippen molar-refractivity contribution in [1.82, 2.24) is 0 Å². The molecule has 2 nitrogen and oxygen atoms in total. The molecule has 2 aromatic rings. The van der Waals surface area contributed by atoms with Crippen molar-refractivity contribution in [3.8, 4) is 11.1 Å².